The lowest BCUT2D eigenvalue weighted by atomic mass is 10.0. The van der Waals surface area contributed by atoms with Crippen LogP contribution in [0.25, 0.3) is 5.70 Å². The standard InChI is InChI=1S/C20H22ClN5O/c1-25-19(17(21)11-24-25)18-8-14-12-26(20(27)16(14)10-23-18)15(9-22)7-13-5-3-2-4-6-13/h2-6,8,10,15,24H,7,9,11-12,22H2,1H3/t15-/m0/s1. The summed E-state index contributed by atoms with van der Waals surface area (Å²) >= 11 is 6.32. The maximum absolute atomic E-state index is 12.9. The van der Waals surface area contributed by atoms with E-state index in [-0.39, 0.29) is 11.9 Å². The molecule has 0 bridgehead atoms. The highest BCUT2D eigenvalue weighted by Crippen LogP contribution is 2.31. The van der Waals surface area contributed by atoms with Crippen LogP contribution in [0.5, 0.6) is 0 Å². The lowest BCUT2D eigenvalue weighted by molar-refractivity contribution is 0.0708. The number of hydrogen-bond acceptors (Lipinski definition) is 5. The van der Waals surface area contributed by atoms with Crippen molar-refractivity contribution in [2.75, 3.05) is 20.1 Å². The number of fused-ring (bicyclic) bond motifs is 1. The molecular formula is C20H22ClN5O. The first kappa shape index (κ1) is 18.0. The van der Waals surface area contributed by atoms with Crippen molar-refractivity contribution in [3.8, 4) is 0 Å². The van der Waals surface area contributed by atoms with Crippen LogP contribution < -0.4 is 11.2 Å². The van der Waals surface area contributed by atoms with Gasteiger partial charge in [0.25, 0.3) is 5.91 Å². The molecule has 7 heteroatoms. The third-order valence-electron chi connectivity index (χ3n) is 5.16. The lowest BCUT2D eigenvalue weighted by Crippen LogP contribution is -2.42. The maximum Gasteiger partial charge on any atom is 0.256 e. The molecule has 0 saturated heterocycles. The second-order valence-electron chi connectivity index (χ2n) is 6.89. The molecular weight excluding hydrogens is 362 g/mol. The molecule has 1 amide bonds. The van der Waals surface area contributed by atoms with Crippen molar-refractivity contribution in [2.45, 2.75) is 19.0 Å². The summed E-state index contributed by atoms with van der Waals surface area (Å²) in [5.74, 6) is -0.00610. The number of nitrogens with two attached hydrogens (primary N) is 1. The number of carbonyl (C=O) groups excluding carboxylic acids is 1. The van der Waals surface area contributed by atoms with Crippen LogP contribution in [0.15, 0.2) is 47.6 Å². The van der Waals surface area contributed by atoms with Gasteiger partial charge >= 0.3 is 0 Å². The molecule has 3 N–H and O–H groups in total. The molecule has 1 atom stereocenters. The third kappa shape index (κ3) is 3.32. The smallest absolute Gasteiger partial charge is 0.256 e. The van der Waals surface area contributed by atoms with Crippen LogP contribution in [-0.2, 0) is 13.0 Å². The van der Waals surface area contributed by atoms with Gasteiger partial charge in [-0.3, -0.25) is 9.78 Å². The van der Waals surface area contributed by atoms with E-state index in [1.54, 1.807) is 6.20 Å². The van der Waals surface area contributed by atoms with E-state index in [1.165, 1.54) is 5.56 Å². The van der Waals surface area contributed by atoms with Gasteiger partial charge in [-0.1, -0.05) is 41.9 Å². The summed E-state index contributed by atoms with van der Waals surface area (Å²) in [7, 11) is 1.90. The fourth-order valence-electron chi connectivity index (χ4n) is 3.71. The zero-order valence-electron chi connectivity index (χ0n) is 15.2. The number of benzene rings is 1. The molecule has 1 aromatic heterocycles. The average Bonchev–Trinajstić information content (AvgIpc) is 3.19. The number of pyridine rings is 1. The fourth-order valence-corrected chi connectivity index (χ4v) is 3.99. The molecule has 1 aromatic carbocycles. The Morgan fingerprint density at radius 1 is 1.33 bits per heavy atom. The molecule has 140 valence electrons. The van der Waals surface area contributed by atoms with Crippen LogP contribution in [0.2, 0.25) is 0 Å². The summed E-state index contributed by atoms with van der Waals surface area (Å²) < 4.78 is 0. The number of nitrogens with one attached hydrogen (secondary N) is 1. The molecule has 0 radical (unpaired) electrons. The minimum Gasteiger partial charge on any atom is -0.330 e. The van der Waals surface area contributed by atoms with E-state index in [2.05, 4.69) is 22.5 Å². The molecule has 27 heavy (non-hydrogen) atoms. The second-order valence-corrected chi connectivity index (χ2v) is 7.34. The van der Waals surface area contributed by atoms with Gasteiger partial charge in [-0.15, -0.1) is 0 Å². The highest BCUT2D eigenvalue weighted by Gasteiger charge is 2.33. The summed E-state index contributed by atoms with van der Waals surface area (Å²) in [6, 6.07) is 12.0. The minimum atomic E-state index is -0.0469. The first-order chi connectivity index (χ1) is 13.1. The number of aromatic nitrogens is 1. The van der Waals surface area contributed by atoms with Crippen LogP contribution in [-0.4, -0.2) is 47.0 Å². The van der Waals surface area contributed by atoms with Gasteiger partial charge in [0.2, 0.25) is 0 Å². The van der Waals surface area contributed by atoms with Gasteiger partial charge < -0.3 is 15.6 Å². The third-order valence-corrected chi connectivity index (χ3v) is 5.47. The normalized spacial score (nSPS) is 17.7. The van der Waals surface area contributed by atoms with Crippen LogP contribution in [0, 0.1) is 0 Å². The van der Waals surface area contributed by atoms with Crippen LogP contribution >= 0.6 is 11.6 Å². The van der Waals surface area contributed by atoms with E-state index in [4.69, 9.17) is 17.3 Å². The Kier molecular flexibility index (Phi) is 4.86. The average molecular weight is 384 g/mol. The number of rotatable bonds is 5. The molecule has 2 aromatic rings. The van der Waals surface area contributed by atoms with Crippen molar-refractivity contribution >= 4 is 23.2 Å². The fraction of sp³-hybridized carbons (Fsp3) is 0.300. The van der Waals surface area contributed by atoms with Gasteiger partial charge in [0.15, 0.2) is 0 Å². The summed E-state index contributed by atoms with van der Waals surface area (Å²) in [6.07, 6.45) is 2.40. The largest absolute Gasteiger partial charge is 0.330 e. The van der Waals surface area contributed by atoms with Gasteiger partial charge in [-0.25, -0.2) is 5.43 Å². The van der Waals surface area contributed by atoms with Gasteiger partial charge in [-0.2, -0.15) is 0 Å². The molecule has 0 saturated carbocycles. The van der Waals surface area contributed by atoms with Crippen LogP contribution in [0.1, 0.15) is 27.2 Å². The summed E-state index contributed by atoms with van der Waals surface area (Å²) in [6.45, 7) is 1.54. The number of carbonyl (C=O) groups is 1. The highest BCUT2D eigenvalue weighted by atomic mass is 35.5. The summed E-state index contributed by atoms with van der Waals surface area (Å²) in [5, 5.41) is 2.58. The lowest BCUT2D eigenvalue weighted by Gasteiger charge is -2.26. The van der Waals surface area contributed by atoms with E-state index in [1.807, 2.05) is 41.2 Å². The zero-order chi connectivity index (χ0) is 19.0. The number of hydrogen-bond donors (Lipinski definition) is 2. The van der Waals surface area contributed by atoms with Gasteiger partial charge in [0, 0.05) is 32.4 Å². The van der Waals surface area contributed by atoms with Crippen molar-refractivity contribution < 1.29 is 4.79 Å². The Bertz CT molecular complexity index is 899. The Morgan fingerprint density at radius 2 is 2.11 bits per heavy atom. The molecule has 0 aliphatic carbocycles. The highest BCUT2D eigenvalue weighted by molar-refractivity contribution is 6.33. The first-order valence-electron chi connectivity index (χ1n) is 8.98. The molecule has 4 rings (SSSR count). The predicted molar refractivity (Wildman–Crippen MR) is 106 cm³/mol. The Hall–Kier alpha value is -2.41. The van der Waals surface area contributed by atoms with E-state index in [0.717, 1.165) is 28.4 Å². The molecule has 0 spiro atoms. The Morgan fingerprint density at radius 3 is 2.78 bits per heavy atom. The number of halogens is 1. The van der Waals surface area contributed by atoms with Crippen molar-refractivity contribution in [3.63, 3.8) is 0 Å². The second kappa shape index (κ2) is 7.31. The number of nitrogens with zero attached hydrogens (tertiary/aromatic N) is 3. The minimum absolute atomic E-state index is 0.00610. The van der Waals surface area contributed by atoms with Gasteiger partial charge in [0.05, 0.1) is 28.5 Å². The Labute approximate surface area is 163 Å². The van der Waals surface area contributed by atoms with Gasteiger partial charge in [-0.05, 0) is 23.6 Å². The number of amides is 1. The van der Waals surface area contributed by atoms with Crippen molar-refractivity contribution in [1.29, 1.82) is 0 Å². The van der Waals surface area contributed by atoms with Crippen molar-refractivity contribution in [2.24, 2.45) is 5.73 Å². The Balaban J connectivity index is 1.59. The molecule has 2 aliphatic heterocycles. The first-order valence-corrected chi connectivity index (χ1v) is 9.36. The van der Waals surface area contributed by atoms with Crippen LogP contribution in [0.3, 0.4) is 0 Å². The topological polar surface area (TPSA) is 74.5 Å². The van der Waals surface area contributed by atoms with Crippen molar-refractivity contribution in [1.82, 2.24) is 20.3 Å². The number of hydrazine groups is 1. The monoisotopic (exact) mass is 383 g/mol. The molecule has 3 heterocycles. The summed E-state index contributed by atoms with van der Waals surface area (Å²) in [4.78, 5) is 19.3. The predicted octanol–water partition coefficient (Wildman–Crippen LogP) is 1.96. The summed E-state index contributed by atoms with van der Waals surface area (Å²) in [5.41, 5.74) is 13.6. The van der Waals surface area contributed by atoms with Crippen LogP contribution in [0.4, 0.5) is 0 Å². The van der Waals surface area contributed by atoms with E-state index in [0.29, 0.717) is 25.2 Å². The van der Waals surface area contributed by atoms with Crippen molar-refractivity contribution in [3.05, 3.63) is 70.0 Å². The van der Waals surface area contributed by atoms with E-state index in [9.17, 15) is 4.79 Å². The molecule has 0 fully saturated rings. The quantitative estimate of drug-likeness (QED) is 0.825. The molecule has 0 unspecified atom stereocenters. The van der Waals surface area contributed by atoms with Gasteiger partial charge in [0.1, 0.15) is 0 Å². The molecule has 2 aliphatic rings. The molecule has 6 nitrogen and oxygen atoms in total. The zero-order valence-corrected chi connectivity index (χ0v) is 15.9. The van der Waals surface area contributed by atoms with E-state index < -0.39 is 0 Å². The van der Waals surface area contributed by atoms with E-state index >= 15 is 0 Å². The SMILES string of the molecule is CN1NCC(Cl)=C1c1cc2c(cn1)C(=O)N([C@H](CN)Cc1ccccc1)C2. The maximum atomic E-state index is 12.9.